The van der Waals surface area contributed by atoms with Gasteiger partial charge in [0.1, 0.15) is 12.2 Å². The Bertz CT molecular complexity index is 658. The molecule has 3 fully saturated rings. The highest BCUT2D eigenvalue weighted by molar-refractivity contribution is 5.86. The van der Waals surface area contributed by atoms with Crippen molar-refractivity contribution in [2.45, 2.75) is 65.0 Å². The number of rotatable bonds is 5. The van der Waals surface area contributed by atoms with Gasteiger partial charge in [0.2, 0.25) is 0 Å². The lowest BCUT2D eigenvalue weighted by Gasteiger charge is -2.33. The molecular formula is C18H23F3O6. The Morgan fingerprint density at radius 2 is 1.89 bits per heavy atom. The fourth-order valence-corrected chi connectivity index (χ4v) is 4.22. The molecule has 27 heavy (non-hydrogen) atoms. The standard InChI is InChI=1S/C18H23F3O6/c1-5-17(3,4)16(24)27-13-9-6-8-11(15(23)26-12(8)13)10(9)14(22)25-7(2)18(19,20)21/h7-13H,5-6H2,1-4H3. The van der Waals surface area contributed by atoms with Crippen molar-refractivity contribution >= 4 is 17.9 Å². The van der Waals surface area contributed by atoms with E-state index in [1.54, 1.807) is 13.8 Å². The zero-order valence-electron chi connectivity index (χ0n) is 15.5. The Hall–Kier alpha value is -1.80. The van der Waals surface area contributed by atoms with Crippen LogP contribution in [0.2, 0.25) is 0 Å². The summed E-state index contributed by atoms with van der Waals surface area (Å²) in [6.45, 7) is 5.99. The Balaban J connectivity index is 1.80. The first-order valence-corrected chi connectivity index (χ1v) is 9.07. The molecule has 3 aliphatic rings. The predicted octanol–water partition coefficient (Wildman–Crippen LogP) is 2.64. The van der Waals surface area contributed by atoms with Gasteiger partial charge in [0, 0.05) is 11.8 Å². The number of ether oxygens (including phenoxy) is 3. The molecule has 152 valence electrons. The molecule has 0 aromatic rings. The van der Waals surface area contributed by atoms with Crippen molar-refractivity contribution in [1.82, 2.24) is 0 Å². The Kier molecular flexibility index (Phi) is 4.71. The van der Waals surface area contributed by atoms with Crippen molar-refractivity contribution < 1.29 is 41.8 Å². The van der Waals surface area contributed by atoms with Crippen molar-refractivity contribution in [3.63, 3.8) is 0 Å². The third kappa shape index (κ3) is 3.18. The van der Waals surface area contributed by atoms with Crippen LogP contribution in [-0.4, -0.2) is 42.4 Å². The maximum absolute atomic E-state index is 12.7. The first kappa shape index (κ1) is 19.9. The van der Waals surface area contributed by atoms with Gasteiger partial charge in [-0.3, -0.25) is 14.4 Å². The smallest absolute Gasteiger partial charge is 0.425 e. The quantitative estimate of drug-likeness (QED) is 0.529. The van der Waals surface area contributed by atoms with Crippen molar-refractivity contribution in [2.24, 2.45) is 29.1 Å². The average Bonchev–Trinajstić information content (AvgIpc) is 3.17. The maximum atomic E-state index is 12.7. The van der Waals surface area contributed by atoms with E-state index in [0.717, 1.165) is 6.92 Å². The van der Waals surface area contributed by atoms with Gasteiger partial charge in [-0.2, -0.15) is 13.2 Å². The first-order valence-electron chi connectivity index (χ1n) is 9.07. The summed E-state index contributed by atoms with van der Waals surface area (Å²) >= 11 is 0. The number of fused-ring (bicyclic) bond motifs is 1. The summed E-state index contributed by atoms with van der Waals surface area (Å²) in [5, 5.41) is 0. The van der Waals surface area contributed by atoms with E-state index >= 15 is 0 Å². The van der Waals surface area contributed by atoms with Crippen LogP contribution in [0.4, 0.5) is 13.2 Å². The van der Waals surface area contributed by atoms with Crippen LogP contribution in [0.15, 0.2) is 0 Å². The normalized spacial score (nSPS) is 35.7. The molecule has 1 saturated heterocycles. The second kappa shape index (κ2) is 6.38. The highest BCUT2D eigenvalue weighted by Crippen LogP contribution is 2.59. The molecule has 6 nitrogen and oxygen atoms in total. The third-order valence-corrected chi connectivity index (χ3v) is 6.25. The largest absolute Gasteiger partial charge is 0.458 e. The number of halogens is 3. The minimum absolute atomic E-state index is 0.344. The molecule has 0 radical (unpaired) electrons. The van der Waals surface area contributed by atoms with Gasteiger partial charge < -0.3 is 14.2 Å². The van der Waals surface area contributed by atoms with E-state index in [0.29, 0.717) is 12.8 Å². The van der Waals surface area contributed by atoms with Gasteiger partial charge in [0.15, 0.2) is 6.10 Å². The van der Waals surface area contributed by atoms with Gasteiger partial charge in [-0.05, 0) is 33.6 Å². The zero-order valence-corrected chi connectivity index (χ0v) is 15.5. The summed E-state index contributed by atoms with van der Waals surface area (Å²) < 4.78 is 53.7. The summed E-state index contributed by atoms with van der Waals surface area (Å²) in [6, 6.07) is 0. The molecule has 1 aliphatic heterocycles. The average molecular weight is 392 g/mol. The Morgan fingerprint density at radius 3 is 2.44 bits per heavy atom. The SMILES string of the molecule is CCC(C)(C)C(=O)OC1C2CC3C1OC(=O)C3C2C(=O)OC(C)C(F)(F)F. The van der Waals surface area contributed by atoms with Gasteiger partial charge in [-0.15, -0.1) is 0 Å². The molecule has 7 atom stereocenters. The van der Waals surface area contributed by atoms with Crippen molar-refractivity contribution in [3.8, 4) is 0 Å². The molecule has 7 unspecified atom stereocenters. The number of alkyl halides is 3. The van der Waals surface area contributed by atoms with Crippen LogP contribution in [0.5, 0.6) is 0 Å². The minimum atomic E-state index is -4.69. The summed E-state index contributed by atoms with van der Waals surface area (Å²) in [6.07, 6.45) is -7.55. The second-order valence-electron chi connectivity index (χ2n) is 8.24. The van der Waals surface area contributed by atoms with Crippen LogP contribution in [-0.2, 0) is 28.6 Å². The highest BCUT2D eigenvalue weighted by atomic mass is 19.4. The molecule has 0 aromatic carbocycles. The van der Waals surface area contributed by atoms with E-state index in [-0.39, 0.29) is 5.92 Å². The number of esters is 3. The number of hydrogen-bond acceptors (Lipinski definition) is 6. The molecule has 0 spiro atoms. The van der Waals surface area contributed by atoms with Gasteiger partial charge in [-0.25, -0.2) is 0 Å². The van der Waals surface area contributed by atoms with E-state index in [2.05, 4.69) is 4.74 Å². The van der Waals surface area contributed by atoms with E-state index in [9.17, 15) is 27.6 Å². The monoisotopic (exact) mass is 392 g/mol. The number of hydrogen-bond donors (Lipinski definition) is 0. The molecule has 2 bridgehead atoms. The zero-order chi connectivity index (χ0) is 20.3. The maximum Gasteiger partial charge on any atom is 0.425 e. The fraction of sp³-hybridized carbons (Fsp3) is 0.833. The van der Waals surface area contributed by atoms with Crippen LogP contribution in [0.1, 0.15) is 40.5 Å². The van der Waals surface area contributed by atoms with Crippen molar-refractivity contribution in [3.05, 3.63) is 0 Å². The predicted molar refractivity (Wildman–Crippen MR) is 84.0 cm³/mol. The van der Waals surface area contributed by atoms with Crippen LogP contribution >= 0.6 is 0 Å². The first-order chi connectivity index (χ1) is 12.4. The molecule has 2 saturated carbocycles. The highest BCUT2D eigenvalue weighted by Gasteiger charge is 2.70. The van der Waals surface area contributed by atoms with Crippen LogP contribution in [0.3, 0.4) is 0 Å². The summed E-state index contributed by atoms with van der Waals surface area (Å²) in [4.78, 5) is 37.1. The summed E-state index contributed by atoms with van der Waals surface area (Å²) in [5.41, 5.74) is -0.759. The van der Waals surface area contributed by atoms with E-state index in [1.807, 2.05) is 6.92 Å². The lowest BCUT2D eigenvalue weighted by Crippen LogP contribution is -2.46. The molecule has 1 heterocycles. The Morgan fingerprint density at radius 1 is 1.26 bits per heavy atom. The van der Waals surface area contributed by atoms with Crippen molar-refractivity contribution in [1.29, 1.82) is 0 Å². The minimum Gasteiger partial charge on any atom is -0.458 e. The van der Waals surface area contributed by atoms with Gasteiger partial charge in [-0.1, -0.05) is 6.92 Å². The summed E-state index contributed by atoms with van der Waals surface area (Å²) in [7, 11) is 0. The van der Waals surface area contributed by atoms with Gasteiger partial charge in [0.25, 0.3) is 0 Å². The third-order valence-electron chi connectivity index (χ3n) is 6.25. The second-order valence-corrected chi connectivity index (χ2v) is 8.24. The fourth-order valence-electron chi connectivity index (χ4n) is 4.22. The van der Waals surface area contributed by atoms with Crippen LogP contribution in [0, 0.1) is 29.1 Å². The molecule has 9 heteroatoms. The summed E-state index contributed by atoms with van der Waals surface area (Å²) in [5.74, 6) is -5.06. The van der Waals surface area contributed by atoms with Crippen molar-refractivity contribution in [2.75, 3.05) is 0 Å². The molecular weight excluding hydrogens is 369 g/mol. The van der Waals surface area contributed by atoms with Gasteiger partial charge >= 0.3 is 24.1 Å². The number of carbonyl (C=O) groups is 3. The molecule has 0 amide bonds. The molecule has 3 rings (SSSR count). The van der Waals surface area contributed by atoms with Gasteiger partial charge in [0.05, 0.1) is 17.3 Å². The lowest BCUT2D eigenvalue weighted by molar-refractivity contribution is -0.220. The lowest BCUT2D eigenvalue weighted by atomic mass is 9.78. The molecule has 0 aromatic heterocycles. The van der Waals surface area contributed by atoms with E-state index < -0.39 is 65.6 Å². The molecule has 0 N–H and O–H groups in total. The van der Waals surface area contributed by atoms with Crippen LogP contribution < -0.4 is 0 Å². The van der Waals surface area contributed by atoms with Crippen LogP contribution in [0.25, 0.3) is 0 Å². The van der Waals surface area contributed by atoms with E-state index in [1.165, 1.54) is 0 Å². The number of carbonyl (C=O) groups excluding carboxylic acids is 3. The molecule has 2 aliphatic carbocycles. The Labute approximate surface area is 154 Å². The topological polar surface area (TPSA) is 78.9 Å². The van der Waals surface area contributed by atoms with E-state index in [4.69, 9.17) is 9.47 Å².